The number of nitrogens with one attached hydrogen (secondary N) is 1. The summed E-state index contributed by atoms with van der Waals surface area (Å²) >= 11 is 1.41. The molecule has 1 heterocycles. The van der Waals surface area contributed by atoms with Crippen LogP contribution in [0.15, 0.2) is 59.5 Å². The number of nitrogens with zero attached hydrogens (tertiary/aromatic N) is 1. The van der Waals surface area contributed by atoms with Crippen LogP contribution in [-0.2, 0) is 19.7 Å². The maximum absolute atomic E-state index is 12.7. The van der Waals surface area contributed by atoms with Crippen molar-refractivity contribution in [2.75, 3.05) is 12.0 Å². The Bertz CT molecular complexity index is 1000. The molecule has 2 aromatic carbocycles. The van der Waals surface area contributed by atoms with Gasteiger partial charge in [-0.1, -0.05) is 35.4 Å². The van der Waals surface area contributed by atoms with E-state index in [2.05, 4.69) is 4.72 Å². The summed E-state index contributed by atoms with van der Waals surface area (Å²) in [7, 11) is -4.00. The highest BCUT2D eigenvalue weighted by molar-refractivity contribution is 7.98. The normalized spacial score (nSPS) is 14.6. The molecule has 2 aromatic rings. The lowest BCUT2D eigenvalue weighted by Crippen LogP contribution is -2.45. The summed E-state index contributed by atoms with van der Waals surface area (Å²) in [6.07, 6.45) is 1.92. The lowest BCUT2D eigenvalue weighted by Gasteiger charge is -2.20. The maximum Gasteiger partial charge on any atom is 0.351 e. The van der Waals surface area contributed by atoms with Crippen molar-refractivity contribution in [3.05, 3.63) is 65.7 Å². The van der Waals surface area contributed by atoms with Gasteiger partial charge in [0.2, 0.25) is 10.0 Å². The van der Waals surface area contributed by atoms with Gasteiger partial charge in [0.25, 0.3) is 11.8 Å². The Hall–Kier alpha value is -2.69. The average molecular weight is 434 g/mol. The lowest BCUT2D eigenvalue weighted by atomic mass is 10.1. The predicted octanol–water partition coefficient (Wildman–Crippen LogP) is 1.84. The number of fused-ring (bicyclic) bond motifs is 1. The van der Waals surface area contributed by atoms with Gasteiger partial charge in [-0.2, -0.15) is 16.5 Å². The molecule has 8 nitrogen and oxygen atoms in total. The van der Waals surface area contributed by atoms with Crippen LogP contribution in [0.1, 0.15) is 27.1 Å². The fraction of sp³-hybridized carbons (Fsp3) is 0.211. The van der Waals surface area contributed by atoms with Crippen molar-refractivity contribution in [1.29, 1.82) is 0 Å². The van der Waals surface area contributed by atoms with E-state index in [4.69, 9.17) is 4.84 Å². The molecule has 1 unspecified atom stereocenters. The molecule has 0 radical (unpaired) electrons. The third-order valence-electron chi connectivity index (χ3n) is 4.18. The van der Waals surface area contributed by atoms with Gasteiger partial charge in [-0.05, 0) is 42.7 Å². The van der Waals surface area contributed by atoms with E-state index in [1.54, 1.807) is 36.6 Å². The van der Waals surface area contributed by atoms with Crippen LogP contribution in [0.4, 0.5) is 0 Å². The summed E-state index contributed by atoms with van der Waals surface area (Å²) in [5.41, 5.74) is 0.242. The summed E-state index contributed by atoms with van der Waals surface area (Å²) in [4.78, 5) is 42.4. The van der Waals surface area contributed by atoms with E-state index in [0.717, 1.165) is 0 Å². The Balaban J connectivity index is 1.78. The molecule has 0 saturated carbocycles. The molecule has 2 amide bonds. The molecule has 10 heteroatoms. The van der Waals surface area contributed by atoms with Gasteiger partial charge in [-0.15, -0.1) is 0 Å². The van der Waals surface area contributed by atoms with Crippen molar-refractivity contribution in [3.63, 3.8) is 0 Å². The Morgan fingerprint density at radius 1 is 1.03 bits per heavy atom. The quantitative estimate of drug-likeness (QED) is 0.631. The van der Waals surface area contributed by atoms with E-state index in [1.165, 1.54) is 36.0 Å². The molecule has 1 aliphatic rings. The molecular formula is C19H18N2O6S2. The van der Waals surface area contributed by atoms with Gasteiger partial charge in [0, 0.05) is 0 Å². The smallest absolute Gasteiger partial charge is 0.328 e. The largest absolute Gasteiger partial charge is 0.351 e. The van der Waals surface area contributed by atoms with Gasteiger partial charge in [0.05, 0.1) is 16.0 Å². The van der Waals surface area contributed by atoms with Crippen LogP contribution in [0, 0.1) is 0 Å². The van der Waals surface area contributed by atoms with Crippen molar-refractivity contribution in [2.24, 2.45) is 0 Å². The van der Waals surface area contributed by atoms with Crippen molar-refractivity contribution in [1.82, 2.24) is 9.79 Å². The zero-order valence-corrected chi connectivity index (χ0v) is 17.0. The first kappa shape index (κ1) is 21.0. The molecule has 0 bridgehead atoms. The van der Waals surface area contributed by atoms with Crippen LogP contribution in [0.5, 0.6) is 0 Å². The molecule has 0 saturated heterocycles. The van der Waals surface area contributed by atoms with Crippen molar-refractivity contribution in [2.45, 2.75) is 17.4 Å². The van der Waals surface area contributed by atoms with Crippen molar-refractivity contribution < 1.29 is 27.6 Å². The maximum atomic E-state index is 12.7. The number of imide groups is 1. The fourth-order valence-corrected chi connectivity index (χ4v) is 4.43. The van der Waals surface area contributed by atoms with Crippen LogP contribution in [0.25, 0.3) is 0 Å². The number of benzene rings is 2. The molecule has 0 aromatic heterocycles. The number of rotatable bonds is 8. The van der Waals surface area contributed by atoms with Crippen molar-refractivity contribution >= 4 is 39.6 Å². The molecule has 0 fully saturated rings. The number of hydrogen-bond donors (Lipinski definition) is 1. The highest BCUT2D eigenvalue weighted by atomic mass is 32.2. The summed E-state index contributed by atoms with van der Waals surface area (Å²) < 4.78 is 27.5. The molecule has 29 heavy (non-hydrogen) atoms. The van der Waals surface area contributed by atoms with Gasteiger partial charge in [-0.25, -0.2) is 13.2 Å². The third-order valence-corrected chi connectivity index (χ3v) is 6.32. The zero-order valence-electron chi connectivity index (χ0n) is 15.4. The van der Waals surface area contributed by atoms with Gasteiger partial charge in [-0.3, -0.25) is 9.59 Å². The SMILES string of the molecule is CSCCC(NS(=O)(=O)c1ccccc1)C(=O)ON1C(=O)c2ccccc2C1=O. The summed E-state index contributed by atoms with van der Waals surface area (Å²) in [5, 5.41) is 0.371. The first-order valence-electron chi connectivity index (χ1n) is 8.61. The molecule has 0 aliphatic carbocycles. The van der Waals surface area contributed by atoms with Crippen LogP contribution in [-0.4, -0.2) is 49.3 Å². The van der Waals surface area contributed by atoms with E-state index in [1.807, 2.05) is 0 Å². The molecule has 3 rings (SSSR count). The number of carbonyl (C=O) groups excluding carboxylic acids is 3. The summed E-state index contributed by atoms with van der Waals surface area (Å²) in [6, 6.07) is 12.4. The second-order valence-electron chi connectivity index (χ2n) is 6.13. The lowest BCUT2D eigenvalue weighted by molar-refractivity contribution is -0.170. The highest BCUT2D eigenvalue weighted by Crippen LogP contribution is 2.23. The minimum atomic E-state index is -4.00. The number of hydrogen-bond acceptors (Lipinski definition) is 7. The Labute approximate surface area is 172 Å². The number of thioether (sulfide) groups is 1. The van der Waals surface area contributed by atoms with E-state index in [0.29, 0.717) is 10.8 Å². The Kier molecular flexibility index (Phi) is 6.36. The Morgan fingerprint density at radius 3 is 2.14 bits per heavy atom. The van der Waals surface area contributed by atoms with Crippen LogP contribution < -0.4 is 4.72 Å². The average Bonchev–Trinajstić information content (AvgIpc) is 2.97. The zero-order chi connectivity index (χ0) is 21.0. The second-order valence-corrected chi connectivity index (χ2v) is 8.83. The van der Waals surface area contributed by atoms with Crippen LogP contribution in [0.3, 0.4) is 0 Å². The molecule has 1 N–H and O–H groups in total. The van der Waals surface area contributed by atoms with Gasteiger partial charge < -0.3 is 4.84 Å². The molecule has 1 atom stereocenters. The first-order chi connectivity index (χ1) is 13.8. The summed E-state index contributed by atoms with van der Waals surface area (Å²) in [5.74, 6) is -2.12. The van der Waals surface area contributed by atoms with Gasteiger partial charge >= 0.3 is 5.97 Å². The third kappa shape index (κ3) is 4.50. The van der Waals surface area contributed by atoms with Gasteiger partial charge in [0.1, 0.15) is 6.04 Å². The minimum absolute atomic E-state index is 0.0114. The number of hydroxylamine groups is 2. The van der Waals surface area contributed by atoms with Crippen molar-refractivity contribution in [3.8, 4) is 0 Å². The second kappa shape index (κ2) is 8.76. The van der Waals surface area contributed by atoms with Gasteiger partial charge in [0.15, 0.2) is 0 Å². The topological polar surface area (TPSA) is 110 Å². The van der Waals surface area contributed by atoms with E-state index >= 15 is 0 Å². The predicted molar refractivity (Wildman–Crippen MR) is 107 cm³/mol. The fourth-order valence-electron chi connectivity index (χ4n) is 2.72. The highest BCUT2D eigenvalue weighted by Gasteiger charge is 2.40. The van der Waals surface area contributed by atoms with E-state index in [-0.39, 0.29) is 22.4 Å². The van der Waals surface area contributed by atoms with Crippen LogP contribution in [0.2, 0.25) is 0 Å². The monoisotopic (exact) mass is 434 g/mol. The number of carbonyl (C=O) groups is 3. The molecule has 152 valence electrons. The molecule has 0 spiro atoms. The summed E-state index contributed by atoms with van der Waals surface area (Å²) in [6.45, 7) is 0. The van der Waals surface area contributed by atoms with Crippen LogP contribution >= 0.6 is 11.8 Å². The van der Waals surface area contributed by atoms with E-state index < -0.39 is 33.8 Å². The number of amides is 2. The van der Waals surface area contributed by atoms with E-state index in [9.17, 15) is 22.8 Å². The minimum Gasteiger partial charge on any atom is -0.328 e. The molecular weight excluding hydrogens is 416 g/mol. The Morgan fingerprint density at radius 2 is 1.59 bits per heavy atom. The molecule has 1 aliphatic heterocycles. The standard InChI is InChI=1S/C19H18N2O6S2/c1-28-12-11-16(20-29(25,26)13-7-3-2-4-8-13)19(24)27-21-17(22)14-9-5-6-10-15(14)18(21)23/h2-10,16,20H,11-12H2,1H3. The first-order valence-corrected chi connectivity index (χ1v) is 11.5. The number of sulfonamides is 1.